The van der Waals surface area contributed by atoms with E-state index in [4.69, 9.17) is 4.74 Å². The maximum atomic E-state index is 12.7. The minimum atomic E-state index is -0.140. The molecule has 0 fully saturated rings. The Bertz CT molecular complexity index is 1490. The van der Waals surface area contributed by atoms with Crippen LogP contribution in [0.2, 0.25) is 0 Å². The molecule has 0 saturated carbocycles. The number of nitrogens with one attached hydrogen (secondary N) is 1. The summed E-state index contributed by atoms with van der Waals surface area (Å²) < 4.78 is 10.4. The van der Waals surface area contributed by atoms with Crippen LogP contribution < -0.4 is 10.1 Å². The van der Waals surface area contributed by atoms with E-state index in [2.05, 4.69) is 37.2 Å². The number of aryl methyl sites for hydroxylation is 2. The molecule has 0 unspecified atom stereocenters. The molecule has 5 rings (SSSR count). The number of benzene rings is 2. The van der Waals surface area contributed by atoms with Gasteiger partial charge in [0, 0.05) is 31.0 Å². The first-order valence-corrected chi connectivity index (χ1v) is 12.8. The molecule has 0 aliphatic rings. The highest BCUT2D eigenvalue weighted by molar-refractivity contribution is 7.99. The molecular weight excluding hydrogens is 480 g/mol. The molecule has 0 aliphatic carbocycles. The Morgan fingerprint density at radius 1 is 1.14 bits per heavy atom. The Labute approximate surface area is 211 Å². The minimum Gasteiger partial charge on any atom is -0.497 e. The van der Waals surface area contributed by atoms with Crippen molar-refractivity contribution in [2.24, 2.45) is 7.05 Å². The quantitative estimate of drug-likeness (QED) is 0.304. The Hall–Kier alpha value is -3.63. The Morgan fingerprint density at radius 3 is 2.71 bits per heavy atom. The lowest BCUT2D eigenvalue weighted by Crippen LogP contribution is -2.14. The highest BCUT2D eigenvalue weighted by atomic mass is 32.2. The molecule has 10 heteroatoms. The van der Waals surface area contributed by atoms with Gasteiger partial charge in [-0.15, -0.1) is 10.2 Å². The van der Waals surface area contributed by atoms with Gasteiger partial charge in [0.2, 0.25) is 5.91 Å². The van der Waals surface area contributed by atoms with Crippen molar-refractivity contribution in [1.29, 1.82) is 0 Å². The van der Waals surface area contributed by atoms with Crippen LogP contribution in [0.5, 0.6) is 5.75 Å². The third-order valence-electron chi connectivity index (χ3n) is 5.54. The lowest BCUT2D eigenvalue weighted by Gasteiger charge is -2.11. The van der Waals surface area contributed by atoms with E-state index in [0.717, 1.165) is 33.2 Å². The standard InChI is InChI=1S/C25H24N6O2S2/c1-16-6-11-20-21(13-16)35-24(26-20)27-23(32)15-34-25-29-28-22(14-18-5-4-12-30(18)2)31(25)17-7-9-19(33-3)10-8-17/h4-13H,14-15H2,1-3H3,(H,26,27,32). The van der Waals surface area contributed by atoms with Gasteiger partial charge in [0.05, 0.1) is 23.1 Å². The smallest absolute Gasteiger partial charge is 0.236 e. The summed E-state index contributed by atoms with van der Waals surface area (Å²) in [5.41, 5.74) is 4.07. The van der Waals surface area contributed by atoms with Crippen LogP contribution in [0.25, 0.3) is 15.9 Å². The molecule has 178 valence electrons. The molecule has 2 aromatic carbocycles. The Kier molecular flexibility index (Phi) is 6.56. The number of carbonyl (C=O) groups is 1. The normalized spacial score (nSPS) is 11.2. The summed E-state index contributed by atoms with van der Waals surface area (Å²) in [5, 5.41) is 13.0. The van der Waals surface area contributed by atoms with Crippen LogP contribution in [0, 0.1) is 6.92 Å². The molecule has 35 heavy (non-hydrogen) atoms. The van der Waals surface area contributed by atoms with Crippen molar-refractivity contribution >= 4 is 44.4 Å². The molecule has 0 saturated heterocycles. The fraction of sp³-hybridized carbons (Fsp3) is 0.200. The van der Waals surface area contributed by atoms with Gasteiger partial charge in [0.25, 0.3) is 0 Å². The molecule has 0 aliphatic heterocycles. The average Bonchev–Trinajstić information content (AvgIpc) is 3.56. The van der Waals surface area contributed by atoms with Crippen LogP contribution in [-0.4, -0.2) is 43.1 Å². The molecule has 0 spiro atoms. The van der Waals surface area contributed by atoms with Gasteiger partial charge in [-0.3, -0.25) is 9.36 Å². The zero-order chi connectivity index (χ0) is 24.4. The number of amides is 1. The molecule has 0 atom stereocenters. The number of fused-ring (bicyclic) bond motifs is 1. The van der Waals surface area contributed by atoms with Gasteiger partial charge in [0.15, 0.2) is 10.3 Å². The van der Waals surface area contributed by atoms with Gasteiger partial charge >= 0.3 is 0 Å². The van der Waals surface area contributed by atoms with E-state index in [1.54, 1.807) is 7.11 Å². The number of carbonyl (C=O) groups excluding carboxylic acids is 1. The second-order valence-corrected chi connectivity index (χ2v) is 10.0. The zero-order valence-corrected chi connectivity index (χ0v) is 21.2. The number of anilines is 1. The zero-order valence-electron chi connectivity index (χ0n) is 19.6. The molecule has 1 amide bonds. The number of thiazole rings is 1. The SMILES string of the molecule is COc1ccc(-n2c(Cc3cccn3C)nnc2SCC(=O)Nc2nc3ccc(C)cc3s2)cc1. The summed E-state index contributed by atoms with van der Waals surface area (Å²) in [6.07, 6.45) is 2.62. The summed E-state index contributed by atoms with van der Waals surface area (Å²) >= 11 is 2.82. The van der Waals surface area contributed by atoms with Gasteiger partial charge in [-0.2, -0.15) is 0 Å². The average molecular weight is 505 g/mol. The fourth-order valence-corrected chi connectivity index (χ4v) is 5.46. The van der Waals surface area contributed by atoms with E-state index in [0.29, 0.717) is 16.7 Å². The molecule has 8 nitrogen and oxygen atoms in total. The Balaban J connectivity index is 1.35. The van der Waals surface area contributed by atoms with Crippen molar-refractivity contribution in [2.45, 2.75) is 18.5 Å². The number of aromatic nitrogens is 5. The van der Waals surface area contributed by atoms with Gasteiger partial charge in [0.1, 0.15) is 11.6 Å². The van der Waals surface area contributed by atoms with Gasteiger partial charge in [-0.05, 0) is 61.0 Å². The lowest BCUT2D eigenvalue weighted by molar-refractivity contribution is -0.113. The molecular formula is C25H24N6O2S2. The van der Waals surface area contributed by atoms with Crippen molar-refractivity contribution in [3.63, 3.8) is 0 Å². The van der Waals surface area contributed by atoms with Gasteiger partial charge in [-0.25, -0.2) is 4.98 Å². The summed E-state index contributed by atoms with van der Waals surface area (Å²) in [6, 6.07) is 17.9. The van der Waals surface area contributed by atoms with Gasteiger partial charge < -0.3 is 14.6 Å². The van der Waals surface area contributed by atoms with E-state index >= 15 is 0 Å². The van der Waals surface area contributed by atoms with Crippen molar-refractivity contribution in [3.8, 4) is 11.4 Å². The summed E-state index contributed by atoms with van der Waals surface area (Å²) in [6.45, 7) is 2.04. The van der Waals surface area contributed by atoms with Gasteiger partial charge in [-0.1, -0.05) is 29.2 Å². The minimum absolute atomic E-state index is 0.140. The van der Waals surface area contributed by atoms with E-state index in [9.17, 15) is 4.79 Å². The first-order valence-electron chi connectivity index (χ1n) is 11.0. The number of rotatable bonds is 8. The fourth-order valence-electron chi connectivity index (χ4n) is 3.71. The van der Waals surface area contributed by atoms with Crippen molar-refractivity contribution in [1.82, 2.24) is 24.3 Å². The van der Waals surface area contributed by atoms with Crippen LogP contribution in [0.1, 0.15) is 17.1 Å². The van der Waals surface area contributed by atoms with Crippen molar-refractivity contribution in [3.05, 3.63) is 77.9 Å². The summed E-state index contributed by atoms with van der Waals surface area (Å²) in [4.78, 5) is 17.2. The maximum Gasteiger partial charge on any atom is 0.236 e. The summed E-state index contributed by atoms with van der Waals surface area (Å²) in [5.74, 6) is 1.61. The van der Waals surface area contributed by atoms with Crippen LogP contribution in [0.3, 0.4) is 0 Å². The molecule has 3 aromatic heterocycles. The maximum absolute atomic E-state index is 12.7. The third kappa shape index (κ3) is 5.08. The number of thioether (sulfide) groups is 1. The van der Waals surface area contributed by atoms with Crippen molar-refractivity contribution < 1.29 is 9.53 Å². The monoisotopic (exact) mass is 504 g/mol. The second-order valence-electron chi connectivity index (χ2n) is 8.05. The first kappa shape index (κ1) is 23.1. The highest BCUT2D eigenvalue weighted by Crippen LogP contribution is 2.28. The molecule has 3 heterocycles. The predicted molar refractivity (Wildman–Crippen MR) is 140 cm³/mol. The number of ether oxygens (including phenoxy) is 1. The third-order valence-corrected chi connectivity index (χ3v) is 7.41. The number of hydrogen-bond acceptors (Lipinski definition) is 7. The van der Waals surface area contributed by atoms with E-state index < -0.39 is 0 Å². The molecule has 0 radical (unpaired) electrons. The first-order chi connectivity index (χ1) is 17.0. The highest BCUT2D eigenvalue weighted by Gasteiger charge is 2.18. The largest absolute Gasteiger partial charge is 0.497 e. The van der Waals surface area contributed by atoms with Crippen LogP contribution >= 0.6 is 23.1 Å². The van der Waals surface area contributed by atoms with E-state index in [-0.39, 0.29) is 11.7 Å². The number of hydrogen-bond donors (Lipinski definition) is 1. The second kappa shape index (κ2) is 9.93. The topological polar surface area (TPSA) is 86.9 Å². The molecule has 0 bridgehead atoms. The Morgan fingerprint density at radius 2 is 1.97 bits per heavy atom. The van der Waals surface area contributed by atoms with E-state index in [1.165, 1.54) is 28.7 Å². The van der Waals surface area contributed by atoms with Crippen LogP contribution in [-0.2, 0) is 18.3 Å². The van der Waals surface area contributed by atoms with E-state index in [1.807, 2.05) is 67.2 Å². The predicted octanol–water partition coefficient (Wildman–Crippen LogP) is 4.85. The molecule has 5 aromatic rings. The number of nitrogens with zero attached hydrogens (tertiary/aromatic N) is 5. The van der Waals surface area contributed by atoms with Crippen molar-refractivity contribution in [2.75, 3.05) is 18.2 Å². The number of methoxy groups -OCH3 is 1. The van der Waals surface area contributed by atoms with Crippen LogP contribution in [0.4, 0.5) is 5.13 Å². The molecule has 1 N–H and O–H groups in total. The van der Waals surface area contributed by atoms with Crippen LogP contribution in [0.15, 0.2) is 66.0 Å². The summed E-state index contributed by atoms with van der Waals surface area (Å²) in [7, 11) is 3.65. The lowest BCUT2D eigenvalue weighted by atomic mass is 10.2.